The molecule has 0 aliphatic carbocycles. The minimum atomic E-state index is -0.589. The molecule has 0 aliphatic rings. The molecule has 8 heteroatoms. The molecule has 2 rings (SSSR count). The molecule has 0 fully saturated rings. The first-order chi connectivity index (χ1) is 10.6. The highest BCUT2D eigenvalue weighted by Gasteiger charge is 2.14. The van der Waals surface area contributed by atoms with Crippen molar-refractivity contribution in [1.82, 2.24) is 9.97 Å². The summed E-state index contributed by atoms with van der Waals surface area (Å²) in [5.41, 5.74) is 0.340. The summed E-state index contributed by atoms with van der Waals surface area (Å²) in [6.07, 6.45) is 2.63. The van der Waals surface area contributed by atoms with Gasteiger partial charge in [-0.3, -0.25) is 5.32 Å². The summed E-state index contributed by atoms with van der Waals surface area (Å²) in [4.78, 5) is 30.9. The van der Waals surface area contributed by atoms with Gasteiger partial charge in [0, 0.05) is 6.20 Å². The molecule has 0 aliphatic heterocycles. The fourth-order valence-electron chi connectivity index (χ4n) is 1.54. The Morgan fingerprint density at radius 3 is 2.45 bits per heavy atom. The highest BCUT2D eigenvalue weighted by molar-refractivity contribution is 5.89. The molecule has 22 heavy (non-hydrogen) atoms. The second-order valence-corrected chi connectivity index (χ2v) is 4.03. The van der Waals surface area contributed by atoms with Crippen LogP contribution in [-0.4, -0.2) is 35.1 Å². The molecule has 0 atom stereocenters. The zero-order valence-electron chi connectivity index (χ0n) is 12.2. The summed E-state index contributed by atoms with van der Waals surface area (Å²) in [5.74, 6) is -0.631. The number of rotatable bonds is 6. The van der Waals surface area contributed by atoms with E-state index in [1.54, 1.807) is 26.0 Å². The van der Waals surface area contributed by atoms with Crippen LogP contribution in [0.15, 0.2) is 28.9 Å². The maximum atomic E-state index is 11.5. The number of pyridine rings is 1. The van der Waals surface area contributed by atoms with Gasteiger partial charge in [0.15, 0.2) is 0 Å². The Hall–Kier alpha value is -2.90. The van der Waals surface area contributed by atoms with Crippen molar-refractivity contribution in [2.24, 2.45) is 0 Å². The SMILES string of the molecule is CCOC(=O)c1ccc(Nc2ncc(C(=O)OCC)o2)nc1. The highest BCUT2D eigenvalue weighted by atomic mass is 16.5. The summed E-state index contributed by atoms with van der Waals surface area (Å²) < 4.78 is 14.8. The Kier molecular flexibility index (Phi) is 5.07. The predicted molar refractivity (Wildman–Crippen MR) is 75.9 cm³/mol. The first-order valence-electron chi connectivity index (χ1n) is 6.67. The Bertz CT molecular complexity index is 651. The molecule has 0 aromatic carbocycles. The van der Waals surface area contributed by atoms with E-state index in [-0.39, 0.29) is 18.4 Å². The Balaban J connectivity index is 2.02. The van der Waals surface area contributed by atoms with Crippen molar-refractivity contribution in [2.75, 3.05) is 18.5 Å². The third kappa shape index (κ3) is 3.81. The van der Waals surface area contributed by atoms with E-state index in [1.165, 1.54) is 12.4 Å². The highest BCUT2D eigenvalue weighted by Crippen LogP contribution is 2.15. The van der Waals surface area contributed by atoms with Gasteiger partial charge in [0.05, 0.1) is 25.0 Å². The largest absolute Gasteiger partial charge is 0.462 e. The molecule has 0 amide bonds. The predicted octanol–water partition coefficient (Wildman–Crippen LogP) is 2.17. The number of nitrogens with one attached hydrogen (secondary N) is 1. The molecule has 0 saturated carbocycles. The number of carbonyl (C=O) groups is 2. The second kappa shape index (κ2) is 7.21. The van der Waals surface area contributed by atoms with E-state index in [0.717, 1.165) is 0 Å². The summed E-state index contributed by atoms with van der Waals surface area (Å²) in [6, 6.07) is 3.22. The number of carbonyl (C=O) groups excluding carboxylic acids is 2. The molecule has 2 heterocycles. The Morgan fingerprint density at radius 1 is 1.09 bits per heavy atom. The van der Waals surface area contributed by atoms with Crippen LogP contribution in [0.3, 0.4) is 0 Å². The molecule has 8 nitrogen and oxygen atoms in total. The quantitative estimate of drug-likeness (QED) is 0.810. The molecular formula is C14H15N3O5. The van der Waals surface area contributed by atoms with Crippen molar-refractivity contribution in [3.05, 3.63) is 35.9 Å². The van der Waals surface area contributed by atoms with Gasteiger partial charge in [-0.1, -0.05) is 0 Å². The molecule has 116 valence electrons. The van der Waals surface area contributed by atoms with Gasteiger partial charge in [-0.05, 0) is 26.0 Å². The minimum Gasteiger partial charge on any atom is -0.462 e. The van der Waals surface area contributed by atoms with Crippen LogP contribution in [0.4, 0.5) is 11.8 Å². The van der Waals surface area contributed by atoms with E-state index >= 15 is 0 Å². The van der Waals surface area contributed by atoms with E-state index in [1.807, 2.05) is 0 Å². The lowest BCUT2D eigenvalue weighted by atomic mass is 10.3. The van der Waals surface area contributed by atoms with Gasteiger partial charge in [0.1, 0.15) is 5.82 Å². The third-order valence-electron chi connectivity index (χ3n) is 2.49. The van der Waals surface area contributed by atoms with Crippen LogP contribution in [0.2, 0.25) is 0 Å². The van der Waals surface area contributed by atoms with Crippen LogP contribution >= 0.6 is 0 Å². The standard InChI is InChI=1S/C14H15N3O5/c1-3-20-12(18)9-5-6-11(15-7-9)17-14-16-8-10(22-14)13(19)21-4-2/h5-8H,3-4H2,1-2H3,(H,15,16,17). The van der Waals surface area contributed by atoms with Crippen molar-refractivity contribution in [2.45, 2.75) is 13.8 Å². The molecule has 2 aromatic heterocycles. The number of hydrogen-bond acceptors (Lipinski definition) is 8. The van der Waals surface area contributed by atoms with Crippen molar-refractivity contribution in [3.63, 3.8) is 0 Å². The normalized spacial score (nSPS) is 10.1. The lowest BCUT2D eigenvalue weighted by Gasteiger charge is -2.03. The van der Waals surface area contributed by atoms with E-state index in [2.05, 4.69) is 15.3 Å². The fraction of sp³-hybridized carbons (Fsp3) is 0.286. The van der Waals surface area contributed by atoms with Crippen LogP contribution in [0.25, 0.3) is 0 Å². The van der Waals surface area contributed by atoms with Gasteiger partial charge < -0.3 is 13.9 Å². The number of anilines is 2. The summed E-state index contributed by atoms with van der Waals surface area (Å²) in [6.45, 7) is 3.97. The smallest absolute Gasteiger partial charge is 0.376 e. The lowest BCUT2D eigenvalue weighted by Crippen LogP contribution is -2.05. The maximum Gasteiger partial charge on any atom is 0.376 e. The van der Waals surface area contributed by atoms with Gasteiger partial charge in [0.25, 0.3) is 0 Å². The summed E-state index contributed by atoms with van der Waals surface area (Å²) in [5, 5.41) is 2.77. The molecule has 2 aromatic rings. The second-order valence-electron chi connectivity index (χ2n) is 4.03. The fourth-order valence-corrected chi connectivity index (χ4v) is 1.54. The van der Waals surface area contributed by atoms with Gasteiger partial charge in [-0.25, -0.2) is 19.6 Å². The van der Waals surface area contributed by atoms with E-state index < -0.39 is 11.9 Å². The first-order valence-corrected chi connectivity index (χ1v) is 6.67. The molecule has 0 unspecified atom stereocenters. The molecule has 0 spiro atoms. The topological polar surface area (TPSA) is 104 Å². The van der Waals surface area contributed by atoms with Gasteiger partial charge in [-0.2, -0.15) is 0 Å². The number of hydrogen-bond donors (Lipinski definition) is 1. The number of aromatic nitrogens is 2. The molecule has 0 radical (unpaired) electrons. The van der Waals surface area contributed by atoms with Crippen molar-refractivity contribution < 1.29 is 23.5 Å². The lowest BCUT2D eigenvalue weighted by molar-refractivity contribution is 0.0489. The molecular weight excluding hydrogens is 290 g/mol. The van der Waals surface area contributed by atoms with Gasteiger partial charge in [-0.15, -0.1) is 0 Å². The number of nitrogens with zero attached hydrogens (tertiary/aromatic N) is 2. The number of oxazole rings is 1. The van der Waals surface area contributed by atoms with Crippen LogP contribution in [0, 0.1) is 0 Å². The number of ether oxygens (including phenoxy) is 2. The molecule has 0 bridgehead atoms. The Morgan fingerprint density at radius 2 is 1.82 bits per heavy atom. The van der Waals surface area contributed by atoms with Crippen LogP contribution in [0.1, 0.15) is 34.8 Å². The Labute approximate surface area is 126 Å². The van der Waals surface area contributed by atoms with Crippen molar-refractivity contribution in [1.29, 1.82) is 0 Å². The molecule has 1 N–H and O–H groups in total. The monoisotopic (exact) mass is 305 g/mol. The van der Waals surface area contributed by atoms with Crippen LogP contribution in [-0.2, 0) is 9.47 Å². The summed E-state index contributed by atoms with van der Waals surface area (Å²) in [7, 11) is 0. The zero-order valence-corrected chi connectivity index (χ0v) is 12.2. The molecule has 0 saturated heterocycles. The summed E-state index contributed by atoms with van der Waals surface area (Å²) >= 11 is 0. The van der Waals surface area contributed by atoms with Crippen molar-refractivity contribution >= 4 is 23.8 Å². The van der Waals surface area contributed by atoms with E-state index in [0.29, 0.717) is 18.0 Å². The van der Waals surface area contributed by atoms with Gasteiger partial charge in [0.2, 0.25) is 5.76 Å². The van der Waals surface area contributed by atoms with Gasteiger partial charge >= 0.3 is 18.0 Å². The minimum absolute atomic E-state index is 0.00695. The first kappa shape index (κ1) is 15.5. The average Bonchev–Trinajstić information content (AvgIpc) is 2.97. The van der Waals surface area contributed by atoms with Crippen LogP contribution < -0.4 is 5.32 Å². The third-order valence-corrected chi connectivity index (χ3v) is 2.49. The zero-order chi connectivity index (χ0) is 15.9. The number of esters is 2. The van der Waals surface area contributed by atoms with Crippen molar-refractivity contribution in [3.8, 4) is 0 Å². The average molecular weight is 305 g/mol. The van der Waals surface area contributed by atoms with E-state index in [4.69, 9.17) is 13.9 Å². The van der Waals surface area contributed by atoms with E-state index in [9.17, 15) is 9.59 Å². The maximum absolute atomic E-state index is 11.5. The van der Waals surface area contributed by atoms with Crippen LogP contribution in [0.5, 0.6) is 0 Å².